The summed E-state index contributed by atoms with van der Waals surface area (Å²) in [6, 6.07) is 10.4. The minimum absolute atomic E-state index is 0.421. The van der Waals surface area contributed by atoms with Gasteiger partial charge in [-0.3, -0.25) is 0 Å². The number of nitrogens with zero attached hydrogens (tertiary/aromatic N) is 1. The zero-order valence-electron chi connectivity index (χ0n) is 11.5. The predicted molar refractivity (Wildman–Crippen MR) is 87.6 cm³/mol. The van der Waals surface area contributed by atoms with Crippen molar-refractivity contribution in [2.24, 2.45) is 0 Å². The number of halogens is 2. The molecule has 5 heteroatoms. The molecule has 1 fully saturated rings. The standard InChI is InChI=1S/C16H16BrClN2O/c17-13-7-12(8-19-14-5-6-14)16(20-9-13)21-10-11-3-1-2-4-15(11)18/h1-4,7,9,14,19H,5-6,8,10H2. The van der Waals surface area contributed by atoms with E-state index in [4.69, 9.17) is 16.3 Å². The smallest absolute Gasteiger partial charge is 0.218 e. The highest BCUT2D eigenvalue weighted by atomic mass is 79.9. The van der Waals surface area contributed by atoms with Gasteiger partial charge in [-0.15, -0.1) is 0 Å². The van der Waals surface area contributed by atoms with Crippen molar-refractivity contribution in [1.29, 1.82) is 0 Å². The minimum atomic E-state index is 0.421. The first-order valence-electron chi connectivity index (χ1n) is 6.96. The summed E-state index contributed by atoms with van der Waals surface area (Å²) in [5.74, 6) is 0.659. The Morgan fingerprint density at radius 3 is 2.86 bits per heavy atom. The maximum Gasteiger partial charge on any atom is 0.218 e. The van der Waals surface area contributed by atoms with Crippen LogP contribution in [0.5, 0.6) is 5.88 Å². The van der Waals surface area contributed by atoms with Crippen LogP contribution in [-0.4, -0.2) is 11.0 Å². The number of rotatable bonds is 6. The van der Waals surface area contributed by atoms with Gasteiger partial charge < -0.3 is 10.1 Å². The zero-order valence-corrected chi connectivity index (χ0v) is 13.8. The Labute approximate surface area is 137 Å². The van der Waals surface area contributed by atoms with E-state index in [0.717, 1.165) is 22.1 Å². The Kier molecular flexibility index (Phi) is 4.78. The molecule has 0 aliphatic heterocycles. The number of hydrogen-bond donors (Lipinski definition) is 1. The second-order valence-electron chi connectivity index (χ2n) is 5.15. The molecule has 3 nitrogen and oxygen atoms in total. The van der Waals surface area contributed by atoms with Gasteiger partial charge in [0, 0.05) is 39.4 Å². The lowest BCUT2D eigenvalue weighted by molar-refractivity contribution is 0.289. The van der Waals surface area contributed by atoms with Gasteiger partial charge in [0.1, 0.15) is 6.61 Å². The first kappa shape index (κ1) is 14.8. The van der Waals surface area contributed by atoms with Crippen LogP contribution in [0, 0.1) is 0 Å². The van der Waals surface area contributed by atoms with E-state index >= 15 is 0 Å². The average Bonchev–Trinajstić information content (AvgIpc) is 3.30. The molecule has 21 heavy (non-hydrogen) atoms. The summed E-state index contributed by atoms with van der Waals surface area (Å²) in [5.41, 5.74) is 2.02. The molecule has 2 aromatic rings. The fourth-order valence-corrected chi connectivity index (χ4v) is 2.60. The summed E-state index contributed by atoms with van der Waals surface area (Å²) >= 11 is 9.61. The van der Waals surface area contributed by atoms with Gasteiger partial charge in [0.05, 0.1) is 0 Å². The third-order valence-corrected chi connectivity index (χ3v) is 4.18. The number of aromatic nitrogens is 1. The summed E-state index contributed by atoms with van der Waals surface area (Å²) in [7, 11) is 0. The van der Waals surface area contributed by atoms with E-state index in [1.54, 1.807) is 6.20 Å². The molecule has 0 saturated heterocycles. The van der Waals surface area contributed by atoms with Crippen LogP contribution < -0.4 is 10.1 Å². The number of hydrogen-bond acceptors (Lipinski definition) is 3. The Hall–Kier alpha value is -1.10. The quantitative estimate of drug-likeness (QED) is 0.825. The molecule has 0 bridgehead atoms. The van der Waals surface area contributed by atoms with Gasteiger partial charge in [-0.2, -0.15) is 0 Å². The van der Waals surface area contributed by atoms with Crippen LogP contribution in [0.3, 0.4) is 0 Å². The maximum absolute atomic E-state index is 6.15. The first-order valence-corrected chi connectivity index (χ1v) is 8.13. The third-order valence-electron chi connectivity index (χ3n) is 3.37. The van der Waals surface area contributed by atoms with E-state index in [9.17, 15) is 0 Å². The van der Waals surface area contributed by atoms with Crippen LogP contribution in [-0.2, 0) is 13.2 Å². The monoisotopic (exact) mass is 366 g/mol. The summed E-state index contributed by atoms with van der Waals surface area (Å²) < 4.78 is 6.81. The molecule has 3 rings (SSSR count). The van der Waals surface area contributed by atoms with Gasteiger partial charge >= 0.3 is 0 Å². The first-order chi connectivity index (χ1) is 10.2. The molecule has 110 valence electrons. The van der Waals surface area contributed by atoms with Crippen LogP contribution in [0.4, 0.5) is 0 Å². The van der Waals surface area contributed by atoms with Crippen LogP contribution in [0.15, 0.2) is 41.0 Å². The van der Waals surface area contributed by atoms with Crippen molar-refractivity contribution >= 4 is 27.5 Å². The molecular formula is C16H16BrClN2O. The van der Waals surface area contributed by atoms with Gasteiger partial charge in [-0.25, -0.2) is 4.98 Å². The molecule has 1 aliphatic carbocycles. The Balaban J connectivity index is 1.70. The lowest BCUT2D eigenvalue weighted by Crippen LogP contribution is -2.16. The molecule has 1 aromatic carbocycles. The van der Waals surface area contributed by atoms with E-state index in [1.165, 1.54) is 12.8 Å². The predicted octanol–water partition coefficient (Wildman–Crippen LogP) is 4.33. The number of nitrogens with one attached hydrogen (secondary N) is 1. The third kappa shape index (κ3) is 4.19. The van der Waals surface area contributed by atoms with E-state index < -0.39 is 0 Å². The zero-order chi connectivity index (χ0) is 14.7. The Bertz CT molecular complexity index is 631. The van der Waals surface area contributed by atoms with Crippen molar-refractivity contribution in [2.45, 2.75) is 32.0 Å². The van der Waals surface area contributed by atoms with E-state index in [1.807, 2.05) is 30.3 Å². The fourth-order valence-electron chi connectivity index (χ4n) is 2.03. The van der Waals surface area contributed by atoms with Gasteiger partial charge in [0.15, 0.2) is 0 Å². The molecule has 1 aliphatic rings. The number of ether oxygens (including phenoxy) is 1. The van der Waals surface area contributed by atoms with Gasteiger partial charge in [0.25, 0.3) is 0 Å². The second kappa shape index (κ2) is 6.77. The van der Waals surface area contributed by atoms with Gasteiger partial charge in [-0.05, 0) is 40.9 Å². The molecule has 0 amide bonds. The summed E-state index contributed by atoms with van der Waals surface area (Å²) in [6.45, 7) is 1.19. The lowest BCUT2D eigenvalue weighted by atomic mass is 10.2. The maximum atomic E-state index is 6.15. The molecule has 0 spiro atoms. The molecule has 1 saturated carbocycles. The summed E-state index contributed by atoms with van der Waals surface area (Å²) in [5, 5.41) is 4.20. The highest BCUT2D eigenvalue weighted by Crippen LogP contribution is 2.25. The van der Waals surface area contributed by atoms with Crippen molar-refractivity contribution < 1.29 is 4.74 Å². The van der Waals surface area contributed by atoms with Crippen LogP contribution in [0.2, 0.25) is 5.02 Å². The molecule has 1 N–H and O–H groups in total. The van der Waals surface area contributed by atoms with Crippen LogP contribution in [0.1, 0.15) is 24.0 Å². The lowest BCUT2D eigenvalue weighted by Gasteiger charge is -2.12. The van der Waals surface area contributed by atoms with Crippen LogP contribution >= 0.6 is 27.5 Å². The highest BCUT2D eigenvalue weighted by molar-refractivity contribution is 9.10. The Morgan fingerprint density at radius 2 is 2.10 bits per heavy atom. The van der Waals surface area contributed by atoms with Crippen molar-refractivity contribution in [3.63, 3.8) is 0 Å². The van der Waals surface area contributed by atoms with Crippen molar-refractivity contribution in [1.82, 2.24) is 10.3 Å². The largest absolute Gasteiger partial charge is 0.473 e. The van der Waals surface area contributed by atoms with Gasteiger partial charge in [0.2, 0.25) is 5.88 Å². The Morgan fingerprint density at radius 1 is 1.29 bits per heavy atom. The number of pyridine rings is 1. The summed E-state index contributed by atoms with van der Waals surface area (Å²) in [6.07, 6.45) is 4.27. The fraction of sp³-hybridized carbons (Fsp3) is 0.312. The highest BCUT2D eigenvalue weighted by Gasteiger charge is 2.21. The van der Waals surface area contributed by atoms with E-state index in [-0.39, 0.29) is 0 Å². The molecule has 0 atom stereocenters. The number of benzene rings is 1. The normalized spacial score (nSPS) is 14.2. The van der Waals surface area contributed by atoms with Gasteiger partial charge in [-0.1, -0.05) is 29.8 Å². The molecule has 0 radical (unpaired) electrons. The minimum Gasteiger partial charge on any atom is -0.473 e. The molecule has 0 unspecified atom stereocenters. The topological polar surface area (TPSA) is 34.1 Å². The second-order valence-corrected chi connectivity index (χ2v) is 6.48. The average molecular weight is 368 g/mol. The summed E-state index contributed by atoms with van der Waals surface area (Å²) in [4.78, 5) is 4.37. The van der Waals surface area contributed by atoms with Crippen molar-refractivity contribution in [3.8, 4) is 5.88 Å². The van der Waals surface area contributed by atoms with Crippen molar-refractivity contribution in [2.75, 3.05) is 0 Å². The molecule has 1 heterocycles. The van der Waals surface area contributed by atoms with Crippen molar-refractivity contribution in [3.05, 3.63) is 57.2 Å². The molecule has 1 aromatic heterocycles. The molecular weight excluding hydrogens is 352 g/mol. The van der Waals surface area contributed by atoms with Crippen LogP contribution in [0.25, 0.3) is 0 Å². The van der Waals surface area contributed by atoms with E-state index in [0.29, 0.717) is 23.6 Å². The SMILES string of the molecule is Clc1ccccc1COc1ncc(Br)cc1CNC1CC1. The van der Waals surface area contributed by atoms with E-state index in [2.05, 4.69) is 26.2 Å².